The minimum atomic E-state index is -1.31. The Labute approximate surface area is 108 Å². The first-order valence-electron chi connectivity index (χ1n) is 6.15. The van der Waals surface area contributed by atoms with Crippen LogP contribution in [0.1, 0.15) is 32.1 Å². The summed E-state index contributed by atoms with van der Waals surface area (Å²) in [5, 5.41) is 17.8. The Hall–Kier alpha value is -1.99. The lowest BCUT2D eigenvalue weighted by Gasteiger charge is -2.19. The van der Waals surface area contributed by atoms with Crippen molar-refractivity contribution < 1.29 is 29.4 Å². The van der Waals surface area contributed by atoms with Gasteiger partial charge in [-0.25, -0.2) is 14.5 Å². The highest BCUT2D eigenvalue weighted by molar-refractivity contribution is 5.93. The average molecular weight is 271 g/mol. The number of aliphatic carboxylic acids is 1. The second-order valence-corrected chi connectivity index (χ2v) is 4.92. The number of nitrogens with zero attached hydrogens (tertiary/aromatic N) is 2. The molecule has 0 bridgehead atoms. The zero-order valence-electron chi connectivity index (χ0n) is 10.2. The Kier molecular flexibility index (Phi) is 3.50. The topological polar surface area (TPSA) is 115 Å². The van der Waals surface area contributed by atoms with Gasteiger partial charge in [-0.15, -0.1) is 0 Å². The Balaban J connectivity index is 2.02. The highest BCUT2D eigenvalue weighted by atomic mass is 16.4. The van der Waals surface area contributed by atoms with E-state index in [0.717, 1.165) is 4.90 Å². The first-order valence-corrected chi connectivity index (χ1v) is 6.15. The van der Waals surface area contributed by atoms with Crippen molar-refractivity contribution >= 4 is 18.0 Å². The van der Waals surface area contributed by atoms with Crippen molar-refractivity contribution in [2.24, 2.45) is 0 Å². The lowest BCUT2D eigenvalue weighted by atomic mass is 10.0. The van der Waals surface area contributed by atoms with Crippen LogP contribution in [0.5, 0.6) is 0 Å². The number of nitroso groups, excluding NO2 is 1. The highest BCUT2D eigenvalue weighted by Crippen LogP contribution is 2.29. The predicted molar refractivity (Wildman–Crippen MR) is 60.6 cm³/mol. The molecule has 19 heavy (non-hydrogen) atoms. The molecule has 8 nitrogen and oxygen atoms in total. The van der Waals surface area contributed by atoms with Gasteiger partial charge in [0.1, 0.15) is 0 Å². The molecule has 2 saturated heterocycles. The van der Waals surface area contributed by atoms with E-state index in [1.807, 2.05) is 0 Å². The molecule has 0 aromatic heterocycles. The summed E-state index contributed by atoms with van der Waals surface area (Å²) >= 11 is 0. The van der Waals surface area contributed by atoms with Crippen molar-refractivity contribution in [3.8, 4) is 0 Å². The molecule has 2 aliphatic rings. The standard InChI is InChI=1S/C11H14N2O6/c14-9-4-2-6(12(9)11(17)18)5-7-1-3-8(10(15)16)13(7)19/h6-8H,1-5H2,(H-,15,16,17,18)/p+1/t6-,7?,8?/m0/s1. The second kappa shape index (κ2) is 4.94. The van der Waals surface area contributed by atoms with E-state index >= 15 is 0 Å². The molecule has 0 radical (unpaired) electrons. The molecule has 2 fully saturated rings. The maximum absolute atomic E-state index is 11.8. The zero-order chi connectivity index (χ0) is 14.2. The van der Waals surface area contributed by atoms with Gasteiger partial charge < -0.3 is 10.2 Å². The molecule has 8 heteroatoms. The van der Waals surface area contributed by atoms with Crippen LogP contribution in [0.2, 0.25) is 0 Å². The van der Waals surface area contributed by atoms with Crippen LogP contribution in [-0.4, -0.2) is 56.0 Å². The summed E-state index contributed by atoms with van der Waals surface area (Å²) in [6.07, 6.45) is 0.136. The number of imide groups is 1. The van der Waals surface area contributed by atoms with Gasteiger partial charge in [-0.05, 0) is 6.42 Å². The van der Waals surface area contributed by atoms with Crippen LogP contribution in [0.4, 0.5) is 4.79 Å². The van der Waals surface area contributed by atoms with Crippen LogP contribution in [0.25, 0.3) is 0 Å². The molecule has 2 amide bonds. The molecule has 0 saturated carbocycles. The fourth-order valence-electron chi connectivity index (χ4n) is 2.86. The summed E-state index contributed by atoms with van der Waals surface area (Å²) in [6, 6.07) is -2.10. The number of carboxylic acids is 1. The molecule has 2 rings (SSSR count). The fourth-order valence-corrected chi connectivity index (χ4v) is 2.86. The fraction of sp³-hybridized carbons (Fsp3) is 0.727. The molecule has 2 heterocycles. The first kappa shape index (κ1) is 13.4. The van der Waals surface area contributed by atoms with E-state index < -0.39 is 36.1 Å². The van der Waals surface area contributed by atoms with Crippen LogP contribution in [0, 0.1) is 4.91 Å². The van der Waals surface area contributed by atoms with Gasteiger partial charge >= 0.3 is 12.1 Å². The number of amides is 2. The molecule has 0 aromatic carbocycles. The van der Waals surface area contributed by atoms with Gasteiger partial charge in [0.25, 0.3) is 6.04 Å². The van der Waals surface area contributed by atoms with E-state index in [2.05, 4.69) is 0 Å². The number of rotatable bonds is 3. The summed E-state index contributed by atoms with van der Waals surface area (Å²) in [7, 11) is 0. The lowest BCUT2D eigenvalue weighted by molar-refractivity contribution is -0.589. The monoisotopic (exact) mass is 271 g/mol. The van der Waals surface area contributed by atoms with Gasteiger partial charge in [0, 0.05) is 35.4 Å². The number of hydrogen-bond donors (Lipinski definition) is 2. The SMILES string of the molecule is O=C(O)C1CCC(C[C@@H]2CCC(=O)N2C(=O)O)[N+]1=O. The summed E-state index contributed by atoms with van der Waals surface area (Å²) in [5.74, 6) is -1.61. The maximum Gasteiger partial charge on any atom is 0.414 e. The summed E-state index contributed by atoms with van der Waals surface area (Å²) in [6.45, 7) is 0. The third-order valence-corrected chi connectivity index (χ3v) is 3.80. The second-order valence-electron chi connectivity index (χ2n) is 4.92. The molecule has 3 atom stereocenters. The van der Waals surface area contributed by atoms with Crippen molar-refractivity contribution in [3.63, 3.8) is 0 Å². The van der Waals surface area contributed by atoms with E-state index in [0.29, 0.717) is 17.6 Å². The van der Waals surface area contributed by atoms with Crippen LogP contribution in [-0.2, 0) is 9.59 Å². The van der Waals surface area contributed by atoms with Gasteiger partial charge in [-0.3, -0.25) is 4.79 Å². The third kappa shape index (κ3) is 2.42. The van der Waals surface area contributed by atoms with E-state index in [1.165, 1.54) is 0 Å². The summed E-state index contributed by atoms with van der Waals surface area (Å²) in [4.78, 5) is 45.7. The summed E-state index contributed by atoms with van der Waals surface area (Å²) < 4.78 is 0.533. The highest BCUT2D eigenvalue weighted by Gasteiger charge is 2.49. The third-order valence-electron chi connectivity index (χ3n) is 3.80. The molecule has 0 spiro atoms. The van der Waals surface area contributed by atoms with Crippen molar-refractivity contribution in [2.75, 3.05) is 0 Å². The number of hydrogen-bond acceptors (Lipinski definition) is 4. The van der Waals surface area contributed by atoms with Crippen LogP contribution in [0.3, 0.4) is 0 Å². The van der Waals surface area contributed by atoms with Gasteiger partial charge in [-0.1, -0.05) is 0 Å². The van der Waals surface area contributed by atoms with Crippen LogP contribution in [0.15, 0.2) is 0 Å². The molecule has 2 aliphatic heterocycles. The maximum atomic E-state index is 11.8. The van der Waals surface area contributed by atoms with Crippen molar-refractivity contribution in [1.82, 2.24) is 4.90 Å². The normalized spacial score (nSPS) is 30.9. The largest absolute Gasteiger partial charge is 0.476 e. The number of carboxylic acid groups (broad SMARTS) is 2. The molecular formula is C11H15N2O6+. The molecule has 2 N–H and O–H groups in total. The quantitative estimate of drug-likeness (QED) is 0.720. The van der Waals surface area contributed by atoms with E-state index in [-0.39, 0.29) is 19.3 Å². The first-order chi connectivity index (χ1) is 8.91. The van der Waals surface area contributed by atoms with Crippen LogP contribution < -0.4 is 0 Å². The van der Waals surface area contributed by atoms with E-state index in [1.54, 1.807) is 0 Å². The van der Waals surface area contributed by atoms with Gasteiger partial charge in [0.2, 0.25) is 11.9 Å². The van der Waals surface area contributed by atoms with Crippen molar-refractivity contribution in [2.45, 2.75) is 50.2 Å². The van der Waals surface area contributed by atoms with Gasteiger partial charge in [0.05, 0.1) is 6.04 Å². The zero-order valence-corrected chi connectivity index (χ0v) is 10.2. The number of carbonyl (C=O) groups excluding carboxylic acids is 1. The lowest BCUT2D eigenvalue weighted by Crippen LogP contribution is -2.41. The predicted octanol–water partition coefficient (Wildman–Crippen LogP) is 0.440. The molecule has 0 aromatic rings. The molecule has 104 valence electrons. The Bertz CT molecular complexity index is 448. The Morgan fingerprint density at radius 1 is 1.26 bits per heavy atom. The number of likely N-dealkylation sites (tertiary alicyclic amines) is 1. The van der Waals surface area contributed by atoms with Crippen molar-refractivity contribution in [3.05, 3.63) is 4.91 Å². The van der Waals surface area contributed by atoms with E-state index in [9.17, 15) is 19.3 Å². The smallest absolute Gasteiger partial charge is 0.414 e. The average Bonchev–Trinajstić information content (AvgIpc) is 2.84. The summed E-state index contributed by atoms with van der Waals surface area (Å²) in [5.41, 5.74) is 0. The van der Waals surface area contributed by atoms with Crippen LogP contribution >= 0.6 is 0 Å². The van der Waals surface area contributed by atoms with E-state index in [4.69, 9.17) is 10.2 Å². The molecule has 0 aliphatic carbocycles. The van der Waals surface area contributed by atoms with Gasteiger partial charge in [-0.2, -0.15) is 0 Å². The minimum Gasteiger partial charge on any atom is -0.476 e. The van der Waals surface area contributed by atoms with Gasteiger partial charge in [0.15, 0.2) is 0 Å². The number of carbonyl (C=O) groups is 3. The minimum absolute atomic E-state index is 0.158. The molecule has 2 unspecified atom stereocenters. The Morgan fingerprint density at radius 3 is 2.47 bits per heavy atom. The Morgan fingerprint density at radius 2 is 1.95 bits per heavy atom. The molecular weight excluding hydrogens is 256 g/mol. The van der Waals surface area contributed by atoms with Crippen molar-refractivity contribution in [1.29, 1.82) is 0 Å².